The summed E-state index contributed by atoms with van der Waals surface area (Å²) >= 11 is 6.20. The van der Waals surface area contributed by atoms with Crippen LogP contribution in [-0.2, 0) is 15.0 Å². The maximum Gasteiger partial charge on any atom is 0.306 e. The molecular weight excluding hydrogens is 302 g/mol. The van der Waals surface area contributed by atoms with Crippen LogP contribution in [0.2, 0.25) is 5.02 Å². The van der Waals surface area contributed by atoms with Gasteiger partial charge in [0, 0.05) is 11.1 Å². The van der Waals surface area contributed by atoms with Crippen LogP contribution in [0.3, 0.4) is 0 Å². The van der Waals surface area contributed by atoms with Crippen LogP contribution in [0.5, 0.6) is 0 Å². The Morgan fingerprint density at radius 3 is 2.32 bits per heavy atom. The number of halogens is 1. The Bertz CT molecular complexity index is 563. The minimum Gasteiger partial charge on any atom is -0.481 e. The van der Waals surface area contributed by atoms with Crippen LogP contribution in [0.4, 0.5) is 0 Å². The molecule has 1 aliphatic carbocycles. The Labute approximate surface area is 135 Å². The summed E-state index contributed by atoms with van der Waals surface area (Å²) in [6, 6.07) is 7.40. The summed E-state index contributed by atoms with van der Waals surface area (Å²) in [5.41, 5.74) is 0.0792. The molecule has 0 aromatic heterocycles. The molecule has 22 heavy (non-hydrogen) atoms. The summed E-state index contributed by atoms with van der Waals surface area (Å²) in [7, 11) is 0. The topological polar surface area (TPSA) is 66.4 Å². The van der Waals surface area contributed by atoms with Crippen LogP contribution in [0.15, 0.2) is 24.3 Å². The van der Waals surface area contributed by atoms with E-state index in [0.29, 0.717) is 30.7 Å². The van der Waals surface area contributed by atoms with Crippen molar-refractivity contribution in [1.82, 2.24) is 5.32 Å². The van der Waals surface area contributed by atoms with Crippen LogP contribution in [-0.4, -0.2) is 23.0 Å². The number of benzene rings is 1. The van der Waals surface area contributed by atoms with Gasteiger partial charge in [0.15, 0.2) is 0 Å². The van der Waals surface area contributed by atoms with E-state index in [0.717, 1.165) is 5.56 Å². The molecule has 0 bridgehead atoms. The molecule has 1 aromatic carbocycles. The molecule has 5 heteroatoms. The van der Waals surface area contributed by atoms with Crippen molar-refractivity contribution in [2.75, 3.05) is 0 Å². The van der Waals surface area contributed by atoms with Gasteiger partial charge in [0.1, 0.15) is 0 Å². The number of carbonyl (C=O) groups is 2. The third kappa shape index (κ3) is 3.61. The van der Waals surface area contributed by atoms with E-state index in [2.05, 4.69) is 5.32 Å². The molecule has 1 amide bonds. The number of nitrogens with one attached hydrogen (secondary N) is 1. The lowest BCUT2D eigenvalue weighted by Gasteiger charge is -2.31. The van der Waals surface area contributed by atoms with E-state index >= 15 is 0 Å². The van der Waals surface area contributed by atoms with Crippen LogP contribution in [0.1, 0.15) is 45.1 Å². The van der Waals surface area contributed by atoms with E-state index in [-0.39, 0.29) is 17.9 Å². The maximum absolute atomic E-state index is 12.6. The molecule has 120 valence electrons. The summed E-state index contributed by atoms with van der Waals surface area (Å²) in [6.07, 6.45) is 2.65. The van der Waals surface area contributed by atoms with Crippen LogP contribution in [0, 0.1) is 5.92 Å². The lowest BCUT2D eigenvalue weighted by Crippen LogP contribution is -2.46. The van der Waals surface area contributed by atoms with Gasteiger partial charge in [-0.15, -0.1) is 0 Å². The number of hydrogen-bond donors (Lipinski definition) is 2. The third-order valence-electron chi connectivity index (χ3n) is 4.53. The number of rotatable bonds is 4. The molecule has 1 aromatic rings. The Hall–Kier alpha value is -1.55. The molecule has 1 aliphatic rings. The molecule has 0 radical (unpaired) electrons. The third-order valence-corrected chi connectivity index (χ3v) is 4.86. The summed E-state index contributed by atoms with van der Waals surface area (Å²) in [5.74, 6) is -1.08. The van der Waals surface area contributed by atoms with Gasteiger partial charge in [-0.05, 0) is 51.2 Å². The second-order valence-corrected chi connectivity index (χ2v) is 6.87. The molecular formula is C17H22ClNO3. The fourth-order valence-corrected chi connectivity index (χ4v) is 3.31. The van der Waals surface area contributed by atoms with Gasteiger partial charge in [-0.25, -0.2) is 0 Å². The van der Waals surface area contributed by atoms with Crippen molar-refractivity contribution in [2.24, 2.45) is 5.92 Å². The highest BCUT2D eigenvalue weighted by molar-refractivity contribution is 6.31. The Balaban J connectivity index is 2.00. The van der Waals surface area contributed by atoms with E-state index in [9.17, 15) is 9.59 Å². The predicted molar refractivity (Wildman–Crippen MR) is 86.0 cm³/mol. The van der Waals surface area contributed by atoms with Crippen molar-refractivity contribution < 1.29 is 14.7 Å². The molecule has 0 aliphatic heterocycles. The van der Waals surface area contributed by atoms with Crippen molar-refractivity contribution in [3.8, 4) is 0 Å². The van der Waals surface area contributed by atoms with Crippen LogP contribution in [0.25, 0.3) is 0 Å². The molecule has 1 saturated carbocycles. The molecule has 0 unspecified atom stereocenters. The molecule has 0 spiro atoms. The zero-order valence-corrected chi connectivity index (χ0v) is 13.7. The SMILES string of the molecule is CC(C)(C(=O)NC1CCC(C(=O)O)CC1)c1ccccc1Cl. The molecule has 4 nitrogen and oxygen atoms in total. The first-order valence-electron chi connectivity index (χ1n) is 7.61. The summed E-state index contributed by atoms with van der Waals surface area (Å²) in [5, 5.41) is 12.6. The minimum absolute atomic E-state index is 0.0462. The molecule has 0 saturated heterocycles. The van der Waals surface area contributed by atoms with Gasteiger partial charge < -0.3 is 10.4 Å². The number of hydrogen-bond acceptors (Lipinski definition) is 2. The lowest BCUT2D eigenvalue weighted by molar-refractivity contribution is -0.142. The van der Waals surface area contributed by atoms with Gasteiger partial charge in [0.2, 0.25) is 5.91 Å². The van der Waals surface area contributed by atoms with Gasteiger partial charge in [0.05, 0.1) is 11.3 Å². The van der Waals surface area contributed by atoms with Crippen molar-refractivity contribution in [3.63, 3.8) is 0 Å². The molecule has 2 N–H and O–H groups in total. The number of carboxylic acid groups (broad SMARTS) is 1. The zero-order chi connectivity index (χ0) is 16.3. The number of carbonyl (C=O) groups excluding carboxylic acids is 1. The zero-order valence-electron chi connectivity index (χ0n) is 12.9. The van der Waals surface area contributed by atoms with Crippen LogP contribution < -0.4 is 5.32 Å². The highest BCUT2D eigenvalue weighted by atomic mass is 35.5. The standard InChI is InChI=1S/C17H22ClNO3/c1-17(2,13-5-3-4-6-14(13)18)16(22)19-12-9-7-11(8-10-12)15(20)21/h3-6,11-12H,7-10H2,1-2H3,(H,19,22)(H,20,21). The second-order valence-electron chi connectivity index (χ2n) is 6.47. The fraction of sp³-hybridized carbons (Fsp3) is 0.529. The summed E-state index contributed by atoms with van der Waals surface area (Å²) < 4.78 is 0. The van der Waals surface area contributed by atoms with Crippen molar-refractivity contribution in [1.29, 1.82) is 0 Å². The smallest absolute Gasteiger partial charge is 0.306 e. The molecule has 0 heterocycles. The van der Waals surface area contributed by atoms with Crippen molar-refractivity contribution >= 4 is 23.5 Å². The van der Waals surface area contributed by atoms with E-state index in [1.54, 1.807) is 6.07 Å². The number of aliphatic carboxylic acids is 1. The van der Waals surface area contributed by atoms with E-state index < -0.39 is 11.4 Å². The van der Waals surface area contributed by atoms with Crippen LogP contribution >= 0.6 is 11.6 Å². The van der Waals surface area contributed by atoms with E-state index in [4.69, 9.17) is 16.7 Å². The predicted octanol–water partition coefficient (Wildman–Crippen LogP) is 3.38. The Morgan fingerprint density at radius 1 is 1.18 bits per heavy atom. The summed E-state index contributed by atoms with van der Waals surface area (Å²) in [4.78, 5) is 23.6. The normalized spacial score (nSPS) is 22.1. The molecule has 1 fully saturated rings. The highest BCUT2D eigenvalue weighted by Crippen LogP contribution is 2.31. The number of carboxylic acids is 1. The Kier molecular flexibility index (Phi) is 5.12. The van der Waals surface area contributed by atoms with Gasteiger partial charge in [-0.1, -0.05) is 29.8 Å². The average molecular weight is 324 g/mol. The van der Waals surface area contributed by atoms with Crippen molar-refractivity contribution in [2.45, 2.75) is 51.0 Å². The largest absolute Gasteiger partial charge is 0.481 e. The van der Waals surface area contributed by atoms with Crippen molar-refractivity contribution in [3.05, 3.63) is 34.9 Å². The van der Waals surface area contributed by atoms with Gasteiger partial charge in [-0.3, -0.25) is 9.59 Å². The molecule has 2 rings (SSSR count). The van der Waals surface area contributed by atoms with Gasteiger partial charge in [-0.2, -0.15) is 0 Å². The number of amides is 1. The Morgan fingerprint density at radius 2 is 1.77 bits per heavy atom. The van der Waals surface area contributed by atoms with E-state index in [1.165, 1.54) is 0 Å². The first-order valence-corrected chi connectivity index (χ1v) is 7.99. The van der Waals surface area contributed by atoms with Gasteiger partial charge >= 0.3 is 5.97 Å². The monoisotopic (exact) mass is 323 g/mol. The molecule has 0 atom stereocenters. The fourth-order valence-electron chi connectivity index (χ4n) is 2.94. The first kappa shape index (κ1) is 16.8. The first-order chi connectivity index (χ1) is 10.3. The minimum atomic E-state index is -0.735. The quantitative estimate of drug-likeness (QED) is 0.892. The lowest BCUT2D eigenvalue weighted by atomic mass is 9.82. The summed E-state index contributed by atoms with van der Waals surface area (Å²) in [6.45, 7) is 3.71. The second kappa shape index (κ2) is 6.69. The van der Waals surface area contributed by atoms with E-state index in [1.807, 2.05) is 32.0 Å². The average Bonchev–Trinajstić information content (AvgIpc) is 2.48. The maximum atomic E-state index is 12.6. The highest BCUT2D eigenvalue weighted by Gasteiger charge is 2.34. The van der Waals surface area contributed by atoms with Gasteiger partial charge in [0.25, 0.3) is 0 Å².